The summed E-state index contributed by atoms with van der Waals surface area (Å²) >= 11 is 3.93. The fourth-order valence-electron chi connectivity index (χ4n) is 0.744. The third-order valence-corrected chi connectivity index (χ3v) is 2.30. The van der Waals surface area contributed by atoms with Gasteiger partial charge in [-0.3, -0.25) is 4.79 Å². The first-order chi connectivity index (χ1) is 5.99. The highest BCUT2D eigenvalue weighted by molar-refractivity contribution is 7.80. The molecule has 4 N–H and O–H groups in total. The van der Waals surface area contributed by atoms with Crippen LogP contribution < -0.4 is 11.1 Å². The number of carbonyl (C=O) groups is 1. The molecule has 0 heterocycles. The van der Waals surface area contributed by atoms with Crippen LogP contribution in [0.15, 0.2) is 0 Å². The first kappa shape index (κ1) is 12.7. The Balaban J connectivity index is 3.78. The molecule has 0 aliphatic carbocycles. The molecule has 0 aromatic rings. The number of aliphatic carboxylic acids is 1. The predicted octanol–water partition coefficient (Wildman–Crippen LogP) is -0.0577. The molecule has 0 amide bonds. The van der Waals surface area contributed by atoms with Gasteiger partial charge in [0, 0.05) is 18.3 Å². The highest BCUT2D eigenvalue weighted by atomic mass is 32.1. The maximum Gasteiger partial charge on any atom is 0.321 e. The predicted molar refractivity (Wildman–Crippen MR) is 56.1 cm³/mol. The molecule has 0 fully saturated rings. The van der Waals surface area contributed by atoms with E-state index in [1.807, 2.05) is 13.8 Å². The Kier molecular flexibility index (Phi) is 6.11. The molecule has 0 aliphatic rings. The average molecular weight is 206 g/mol. The Morgan fingerprint density at radius 3 is 2.46 bits per heavy atom. The van der Waals surface area contributed by atoms with Gasteiger partial charge in [-0.15, -0.1) is 0 Å². The van der Waals surface area contributed by atoms with Crippen molar-refractivity contribution in [2.75, 3.05) is 12.3 Å². The Morgan fingerprint density at radius 2 is 2.15 bits per heavy atom. The van der Waals surface area contributed by atoms with Crippen LogP contribution >= 0.6 is 12.6 Å². The van der Waals surface area contributed by atoms with Crippen molar-refractivity contribution in [2.45, 2.75) is 25.9 Å². The highest BCUT2D eigenvalue weighted by Gasteiger charge is 2.16. The Bertz CT molecular complexity index is 164. The second-order valence-electron chi connectivity index (χ2n) is 3.39. The number of nitrogens with two attached hydrogens (primary N) is 1. The van der Waals surface area contributed by atoms with Crippen molar-refractivity contribution in [3.05, 3.63) is 0 Å². The van der Waals surface area contributed by atoms with Crippen molar-refractivity contribution < 1.29 is 9.90 Å². The number of rotatable bonds is 6. The Hall–Kier alpha value is -0.260. The standard InChI is InChI=1S/C8H18N2O2S/c1-5(2)6(9)3-10-7(4-13)8(11)12/h5-7,10,13H,3-4,9H2,1-2H3,(H,11,12)/t6-,7+/m1/s1. The van der Waals surface area contributed by atoms with Crippen LogP contribution in [0.1, 0.15) is 13.8 Å². The molecule has 2 atom stereocenters. The number of carboxylic acid groups (broad SMARTS) is 1. The van der Waals surface area contributed by atoms with E-state index in [9.17, 15) is 4.79 Å². The van der Waals surface area contributed by atoms with Crippen LogP contribution in [0.2, 0.25) is 0 Å². The van der Waals surface area contributed by atoms with Gasteiger partial charge in [-0.05, 0) is 5.92 Å². The van der Waals surface area contributed by atoms with Gasteiger partial charge in [0.05, 0.1) is 0 Å². The van der Waals surface area contributed by atoms with Crippen molar-refractivity contribution >= 4 is 18.6 Å². The summed E-state index contributed by atoms with van der Waals surface area (Å²) in [5.74, 6) is -0.257. The van der Waals surface area contributed by atoms with Gasteiger partial charge in [0.25, 0.3) is 0 Å². The lowest BCUT2D eigenvalue weighted by molar-refractivity contribution is -0.138. The van der Waals surface area contributed by atoms with Crippen LogP contribution in [-0.2, 0) is 4.79 Å². The molecule has 0 aromatic carbocycles. The lowest BCUT2D eigenvalue weighted by Gasteiger charge is -2.19. The topological polar surface area (TPSA) is 75.3 Å². The van der Waals surface area contributed by atoms with Gasteiger partial charge in [-0.25, -0.2) is 0 Å². The largest absolute Gasteiger partial charge is 0.480 e. The SMILES string of the molecule is CC(C)[C@H](N)CN[C@@H](CS)C(=O)O. The number of carboxylic acids is 1. The second-order valence-corrected chi connectivity index (χ2v) is 3.75. The minimum absolute atomic E-state index is 0.0123. The minimum atomic E-state index is -0.883. The summed E-state index contributed by atoms with van der Waals surface area (Å²) in [4.78, 5) is 10.6. The summed E-state index contributed by atoms with van der Waals surface area (Å²) in [6.45, 7) is 4.51. The molecule has 0 unspecified atom stereocenters. The fraction of sp³-hybridized carbons (Fsp3) is 0.875. The van der Waals surface area contributed by atoms with Gasteiger partial charge >= 0.3 is 5.97 Å². The van der Waals surface area contributed by atoms with Crippen LogP contribution in [0.5, 0.6) is 0 Å². The minimum Gasteiger partial charge on any atom is -0.480 e. The molecule has 0 aliphatic heterocycles. The molecule has 13 heavy (non-hydrogen) atoms. The third-order valence-electron chi connectivity index (χ3n) is 1.94. The third kappa shape index (κ3) is 5.13. The van der Waals surface area contributed by atoms with Gasteiger partial charge in [-0.2, -0.15) is 12.6 Å². The molecule has 0 aromatic heterocycles. The van der Waals surface area contributed by atoms with Gasteiger partial charge in [0.1, 0.15) is 6.04 Å². The maximum absolute atomic E-state index is 10.6. The quantitative estimate of drug-likeness (QED) is 0.459. The molecule has 4 nitrogen and oxygen atoms in total. The molecule has 0 saturated carbocycles. The summed E-state index contributed by atoms with van der Waals surface area (Å²) in [5.41, 5.74) is 5.74. The van der Waals surface area contributed by atoms with E-state index in [0.29, 0.717) is 12.5 Å². The van der Waals surface area contributed by atoms with Crippen molar-refractivity contribution in [3.8, 4) is 0 Å². The van der Waals surface area contributed by atoms with E-state index in [0.717, 1.165) is 0 Å². The molecule has 0 saturated heterocycles. The summed E-state index contributed by atoms with van der Waals surface area (Å²) in [5, 5.41) is 11.5. The van der Waals surface area contributed by atoms with Crippen molar-refractivity contribution in [3.63, 3.8) is 0 Å². The van der Waals surface area contributed by atoms with Gasteiger partial charge in [-0.1, -0.05) is 13.8 Å². The zero-order chi connectivity index (χ0) is 10.4. The number of thiol groups is 1. The van der Waals surface area contributed by atoms with Gasteiger partial charge < -0.3 is 16.2 Å². The fourth-order valence-corrected chi connectivity index (χ4v) is 1.03. The van der Waals surface area contributed by atoms with Gasteiger partial charge in [0.15, 0.2) is 0 Å². The Labute approximate surface area is 84.3 Å². The summed E-state index contributed by atoms with van der Waals surface area (Å²) in [6.07, 6.45) is 0. The molecular formula is C8H18N2O2S. The van der Waals surface area contributed by atoms with Crippen molar-refractivity contribution in [2.24, 2.45) is 11.7 Å². The monoisotopic (exact) mass is 206 g/mol. The van der Waals surface area contributed by atoms with Crippen LogP contribution in [0.25, 0.3) is 0 Å². The number of hydrogen-bond acceptors (Lipinski definition) is 4. The summed E-state index contributed by atoms with van der Waals surface area (Å²) in [6, 6.07) is -0.616. The van der Waals surface area contributed by atoms with Crippen LogP contribution in [0.3, 0.4) is 0 Å². The normalized spacial score (nSPS) is 15.8. The van der Waals surface area contributed by atoms with Crippen molar-refractivity contribution in [1.82, 2.24) is 5.32 Å². The molecule has 0 radical (unpaired) electrons. The van der Waals surface area contributed by atoms with E-state index in [4.69, 9.17) is 10.8 Å². The van der Waals surface area contributed by atoms with Crippen LogP contribution in [-0.4, -0.2) is 35.5 Å². The molecule has 5 heteroatoms. The van der Waals surface area contributed by atoms with E-state index in [2.05, 4.69) is 17.9 Å². The Morgan fingerprint density at radius 1 is 1.62 bits per heavy atom. The highest BCUT2D eigenvalue weighted by Crippen LogP contribution is 1.97. The number of nitrogens with one attached hydrogen (secondary N) is 1. The van der Waals surface area contributed by atoms with E-state index in [-0.39, 0.29) is 11.8 Å². The molecule has 78 valence electrons. The lowest BCUT2D eigenvalue weighted by Crippen LogP contribution is -2.46. The van der Waals surface area contributed by atoms with E-state index < -0.39 is 12.0 Å². The molecular weight excluding hydrogens is 188 g/mol. The average Bonchev–Trinajstić information content (AvgIpc) is 2.04. The zero-order valence-electron chi connectivity index (χ0n) is 8.03. The zero-order valence-corrected chi connectivity index (χ0v) is 8.92. The summed E-state index contributed by atoms with van der Waals surface area (Å²) < 4.78 is 0. The van der Waals surface area contributed by atoms with Crippen LogP contribution in [0.4, 0.5) is 0 Å². The van der Waals surface area contributed by atoms with E-state index >= 15 is 0 Å². The molecule has 0 spiro atoms. The van der Waals surface area contributed by atoms with E-state index in [1.54, 1.807) is 0 Å². The molecule has 0 bridgehead atoms. The van der Waals surface area contributed by atoms with Gasteiger partial charge in [0.2, 0.25) is 0 Å². The molecule has 0 rings (SSSR count). The van der Waals surface area contributed by atoms with E-state index in [1.165, 1.54) is 0 Å². The first-order valence-corrected chi connectivity index (χ1v) is 4.95. The maximum atomic E-state index is 10.6. The summed E-state index contributed by atoms with van der Waals surface area (Å²) in [7, 11) is 0. The smallest absolute Gasteiger partial charge is 0.321 e. The van der Waals surface area contributed by atoms with Crippen molar-refractivity contribution in [1.29, 1.82) is 0 Å². The lowest BCUT2D eigenvalue weighted by atomic mass is 10.1. The first-order valence-electron chi connectivity index (χ1n) is 4.31. The second kappa shape index (κ2) is 6.23. The van der Waals surface area contributed by atoms with Crippen LogP contribution in [0, 0.1) is 5.92 Å². The number of hydrogen-bond donors (Lipinski definition) is 4.